The van der Waals surface area contributed by atoms with E-state index in [2.05, 4.69) is 31.2 Å². The topological polar surface area (TPSA) is 74.2 Å². The van der Waals surface area contributed by atoms with Crippen molar-refractivity contribution in [1.82, 2.24) is 25.2 Å². The summed E-state index contributed by atoms with van der Waals surface area (Å²) in [5, 5.41) is 3.12. The first kappa shape index (κ1) is 21.7. The number of carbonyl (C=O) groups excluding carboxylic acids is 1. The van der Waals surface area contributed by atoms with E-state index in [1.165, 1.54) is 19.3 Å². The van der Waals surface area contributed by atoms with E-state index in [1.807, 2.05) is 45.2 Å². The number of hydrogen-bond acceptors (Lipinski definition) is 6. The average molecular weight is 423 g/mol. The molecule has 0 spiro atoms. The number of amides is 1. The number of nitrogens with one attached hydrogen (secondary N) is 1. The first-order valence-corrected chi connectivity index (χ1v) is 11.5. The second-order valence-corrected chi connectivity index (χ2v) is 9.17. The smallest absolute Gasteiger partial charge is 0.225 e. The number of hydrogen-bond donors (Lipinski definition) is 1. The van der Waals surface area contributed by atoms with Gasteiger partial charge in [0.25, 0.3) is 0 Å². The Balaban J connectivity index is 1.56. The van der Waals surface area contributed by atoms with Crippen LogP contribution in [-0.4, -0.2) is 58.0 Å². The van der Waals surface area contributed by atoms with Gasteiger partial charge in [0.15, 0.2) is 0 Å². The molecule has 0 aromatic carbocycles. The van der Waals surface area contributed by atoms with E-state index in [9.17, 15) is 4.79 Å². The molecular weight excluding hydrogens is 388 g/mol. The van der Waals surface area contributed by atoms with Crippen molar-refractivity contribution in [2.45, 2.75) is 58.5 Å². The predicted octanol–water partition coefficient (Wildman–Crippen LogP) is 2.91. The summed E-state index contributed by atoms with van der Waals surface area (Å²) in [5.74, 6) is 0.836. The van der Waals surface area contributed by atoms with Crippen LogP contribution in [0.1, 0.15) is 56.1 Å². The molecule has 0 saturated carbocycles. The highest BCUT2D eigenvalue weighted by molar-refractivity contribution is 5.80. The van der Waals surface area contributed by atoms with Crippen LogP contribution in [0.25, 0.3) is 0 Å². The first-order chi connectivity index (χ1) is 15.0. The van der Waals surface area contributed by atoms with Crippen LogP contribution in [0.2, 0.25) is 0 Å². The van der Waals surface area contributed by atoms with Gasteiger partial charge in [-0.3, -0.25) is 14.7 Å². The van der Waals surface area contributed by atoms with E-state index in [-0.39, 0.29) is 23.8 Å². The second-order valence-electron chi connectivity index (χ2n) is 9.17. The van der Waals surface area contributed by atoms with Gasteiger partial charge in [0.2, 0.25) is 11.9 Å². The molecule has 7 nitrogen and oxygen atoms in total. The highest BCUT2D eigenvalue weighted by Gasteiger charge is 2.39. The third kappa shape index (κ3) is 5.39. The van der Waals surface area contributed by atoms with Gasteiger partial charge in [0.05, 0.1) is 17.3 Å². The fourth-order valence-electron chi connectivity index (χ4n) is 4.70. The molecule has 0 bridgehead atoms. The van der Waals surface area contributed by atoms with Crippen LogP contribution < -0.4 is 10.2 Å². The molecule has 2 aliphatic rings. The Labute approximate surface area is 185 Å². The number of aromatic nitrogens is 3. The zero-order valence-corrected chi connectivity index (χ0v) is 18.9. The van der Waals surface area contributed by atoms with E-state index in [0.717, 1.165) is 49.2 Å². The lowest BCUT2D eigenvalue weighted by Gasteiger charge is -2.27. The standard InChI is InChI=1S/C24H34N6O/c1-17(2)26-23(31)21-16-29(14-19-9-7-8-18(3)27-19)15-20(21)22-10-11-25-24(28-22)30-12-5-4-6-13-30/h7-11,17,20-21H,4-6,12-16H2,1-3H3,(H,26,31)/t20-,21-/m0/s1. The van der Waals surface area contributed by atoms with Gasteiger partial charge in [-0.25, -0.2) is 9.97 Å². The SMILES string of the molecule is Cc1cccc(CN2C[C@H](C(=O)NC(C)C)[C@@H](c3ccnc(N4CCCCC4)n3)C2)n1. The molecule has 31 heavy (non-hydrogen) atoms. The number of rotatable bonds is 6. The summed E-state index contributed by atoms with van der Waals surface area (Å²) in [6.07, 6.45) is 5.51. The Kier molecular flexibility index (Phi) is 6.80. The summed E-state index contributed by atoms with van der Waals surface area (Å²) in [4.78, 5) is 31.8. The van der Waals surface area contributed by atoms with Gasteiger partial charge in [-0.05, 0) is 58.2 Å². The fourth-order valence-corrected chi connectivity index (χ4v) is 4.70. The molecule has 0 aliphatic carbocycles. The van der Waals surface area contributed by atoms with Crippen molar-refractivity contribution in [2.24, 2.45) is 5.92 Å². The number of carbonyl (C=O) groups is 1. The lowest BCUT2D eigenvalue weighted by molar-refractivity contribution is -0.125. The second kappa shape index (κ2) is 9.73. The van der Waals surface area contributed by atoms with Gasteiger partial charge < -0.3 is 10.2 Å². The van der Waals surface area contributed by atoms with Gasteiger partial charge in [0, 0.05) is 56.6 Å². The number of aryl methyl sites for hydroxylation is 1. The van der Waals surface area contributed by atoms with Crippen LogP contribution in [0, 0.1) is 12.8 Å². The number of piperidine rings is 1. The molecule has 166 valence electrons. The van der Waals surface area contributed by atoms with Crippen molar-refractivity contribution in [2.75, 3.05) is 31.1 Å². The van der Waals surface area contributed by atoms with E-state index >= 15 is 0 Å². The van der Waals surface area contributed by atoms with Crippen molar-refractivity contribution >= 4 is 11.9 Å². The zero-order chi connectivity index (χ0) is 21.8. The van der Waals surface area contributed by atoms with E-state index in [1.54, 1.807) is 0 Å². The van der Waals surface area contributed by atoms with E-state index in [4.69, 9.17) is 4.98 Å². The Morgan fingerprint density at radius 1 is 1.13 bits per heavy atom. The molecule has 2 aliphatic heterocycles. The van der Waals surface area contributed by atoms with Crippen molar-refractivity contribution in [3.8, 4) is 0 Å². The number of pyridine rings is 1. The third-order valence-corrected chi connectivity index (χ3v) is 6.18. The molecule has 2 saturated heterocycles. The molecule has 1 N–H and O–H groups in total. The average Bonchev–Trinajstić information content (AvgIpc) is 3.18. The summed E-state index contributed by atoms with van der Waals surface area (Å²) >= 11 is 0. The molecule has 7 heteroatoms. The summed E-state index contributed by atoms with van der Waals surface area (Å²) < 4.78 is 0. The Morgan fingerprint density at radius 3 is 2.68 bits per heavy atom. The molecule has 1 amide bonds. The molecule has 2 fully saturated rings. The van der Waals surface area contributed by atoms with Gasteiger partial charge in [-0.2, -0.15) is 0 Å². The molecule has 2 atom stereocenters. The lowest BCUT2D eigenvalue weighted by atomic mass is 9.91. The van der Waals surface area contributed by atoms with Crippen LogP contribution in [-0.2, 0) is 11.3 Å². The maximum atomic E-state index is 13.1. The van der Waals surface area contributed by atoms with Crippen LogP contribution in [0.4, 0.5) is 5.95 Å². The summed E-state index contributed by atoms with van der Waals surface area (Å²) in [6, 6.07) is 8.22. The van der Waals surface area contributed by atoms with E-state index < -0.39 is 0 Å². The lowest BCUT2D eigenvalue weighted by Crippen LogP contribution is -2.38. The normalized spacial score (nSPS) is 22.1. The first-order valence-electron chi connectivity index (χ1n) is 11.5. The minimum absolute atomic E-state index is 0.0510. The maximum Gasteiger partial charge on any atom is 0.225 e. The van der Waals surface area contributed by atoms with Gasteiger partial charge in [0.1, 0.15) is 0 Å². The monoisotopic (exact) mass is 422 g/mol. The van der Waals surface area contributed by atoms with Crippen LogP contribution in [0.3, 0.4) is 0 Å². The highest BCUT2D eigenvalue weighted by Crippen LogP contribution is 2.33. The van der Waals surface area contributed by atoms with Crippen molar-refractivity contribution in [3.63, 3.8) is 0 Å². The zero-order valence-electron chi connectivity index (χ0n) is 18.9. The van der Waals surface area contributed by atoms with Crippen LogP contribution >= 0.6 is 0 Å². The van der Waals surface area contributed by atoms with Crippen molar-refractivity contribution < 1.29 is 4.79 Å². The van der Waals surface area contributed by atoms with Gasteiger partial charge in [-0.15, -0.1) is 0 Å². The predicted molar refractivity (Wildman–Crippen MR) is 122 cm³/mol. The maximum absolute atomic E-state index is 13.1. The third-order valence-electron chi connectivity index (χ3n) is 6.18. The van der Waals surface area contributed by atoms with Crippen molar-refractivity contribution in [1.29, 1.82) is 0 Å². The van der Waals surface area contributed by atoms with Gasteiger partial charge >= 0.3 is 0 Å². The fraction of sp³-hybridized carbons (Fsp3) is 0.583. The molecule has 0 radical (unpaired) electrons. The molecule has 2 aromatic rings. The minimum Gasteiger partial charge on any atom is -0.354 e. The van der Waals surface area contributed by atoms with E-state index in [0.29, 0.717) is 6.54 Å². The Bertz CT molecular complexity index is 895. The Hall–Kier alpha value is -2.54. The van der Waals surface area contributed by atoms with Crippen molar-refractivity contribution in [3.05, 3.63) is 47.5 Å². The van der Waals surface area contributed by atoms with Gasteiger partial charge in [-0.1, -0.05) is 6.07 Å². The van der Waals surface area contributed by atoms with Crippen LogP contribution in [0.15, 0.2) is 30.5 Å². The molecular formula is C24H34N6O. The minimum atomic E-state index is -0.128. The highest BCUT2D eigenvalue weighted by atomic mass is 16.2. The number of nitrogens with zero attached hydrogens (tertiary/aromatic N) is 5. The largest absolute Gasteiger partial charge is 0.354 e. The van der Waals surface area contributed by atoms with Crippen LogP contribution in [0.5, 0.6) is 0 Å². The number of anilines is 1. The molecule has 0 unspecified atom stereocenters. The quantitative estimate of drug-likeness (QED) is 0.772. The number of likely N-dealkylation sites (tertiary alicyclic amines) is 1. The summed E-state index contributed by atoms with van der Waals surface area (Å²) in [6.45, 7) is 10.3. The summed E-state index contributed by atoms with van der Waals surface area (Å²) in [7, 11) is 0. The Morgan fingerprint density at radius 2 is 1.94 bits per heavy atom. The molecule has 2 aromatic heterocycles. The molecule has 4 heterocycles. The summed E-state index contributed by atoms with van der Waals surface area (Å²) in [5.41, 5.74) is 3.03. The molecule has 4 rings (SSSR count).